The van der Waals surface area contributed by atoms with E-state index in [9.17, 15) is 0 Å². The van der Waals surface area contributed by atoms with E-state index in [1.165, 1.54) is 19.3 Å². The van der Waals surface area contributed by atoms with Crippen molar-refractivity contribution in [1.82, 2.24) is 10.2 Å². The molecule has 0 radical (unpaired) electrons. The van der Waals surface area contributed by atoms with Gasteiger partial charge in [0.2, 0.25) is 0 Å². The van der Waals surface area contributed by atoms with E-state index < -0.39 is 0 Å². The van der Waals surface area contributed by atoms with Crippen molar-refractivity contribution in [1.29, 1.82) is 0 Å². The molecule has 3 nitrogen and oxygen atoms in total. The van der Waals surface area contributed by atoms with Crippen LogP contribution in [0.5, 0.6) is 0 Å². The Balaban J connectivity index is 4.32. The van der Waals surface area contributed by atoms with Gasteiger partial charge in [-0.2, -0.15) is 0 Å². The summed E-state index contributed by atoms with van der Waals surface area (Å²) in [5.41, 5.74) is 0.299. The Bertz CT molecular complexity index is 197. The van der Waals surface area contributed by atoms with Crippen LogP contribution in [-0.4, -0.2) is 48.8 Å². The molecule has 0 aromatic rings. The van der Waals surface area contributed by atoms with E-state index in [0.717, 1.165) is 26.2 Å². The predicted octanol–water partition coefficient (Wildman–Crippen LogP) is 2.50. The van der Waals surface area contributed by atoms with E-state index in [0.29, 0.717) is 11.5 Å². The van der Waals surface area contributed by atoms with Crippen molar-refractivity contribution < 1.29 is 5.11 Å². The topological polar surface area (TPSA) is 35.5 Å². The quantitative estimate of drug-likeness (QED) is 0.598. The molecule has 0 aliphatic rings. The monoisotopic (exact) mass is 258 g/mol. The lowest BCUT2D eigenvalue weighted by Crippen LogP contribution is -2.44. The summed E-state index contributed by atoms with van der Waals surface area (Å²) in [5, 5.41) is 12.7. The molecular weight excluding hydrogens is 224 g/mol. The number of nitrogens with zero attached hydrogens (tertiary/aromatic N) is 1. The number of aliphatic hydroxyl groups is 1. The zero-order valence-corrected chi connectivity index (χ0v) is 13.1. The molecule has 0 rings (SSSR count). The van der Waals surface area contributed by atoms with Crippen LogP contribution in [0, 0.1) is 5.41 Å². The highest BCUT2D eigenvalue weighted by Gasteiger charge is 2.25. The Kier molecular flexibility index (Phi) is 9.70. The molecule has 18 heavy (non-hydrogen) atoms. The minimum atomic E-state index is 0.265. The summed E-state index contributed by atoms with van der Waals surface area (Å²) < 4.78 is 0. The number of hydrogen-bond acceptors (Lipinski definition) is 3. The van der Waals surface area contributed by atoms with Gasteiger partial charge in [-0.3, -0.25) is 0 Å². The van der Waals surface area contributed by atoms with Gasteiger partial charge in [-0.25, -0.2) is 0 Å². The van der Waals surface area contributed by atoms with Gasteiger partial charge in [0.05, 0.1) is 6.61 Å². The third-order valence-corrected chi connectivity index (χ3v) is 3.64. The van der Waals surface area contributed by atoms with Gasteiger partial charge in [0.15, 0.2) is 0 Å². The Morgan fingerprint density at radius 2 is 1.89 bits per heavy atom. The van der Waals surface area contributed by atoms with Gasteiger partial charge in [0.25, 0.3) is 0 Å². The highest BCUT2D eigenvalue weighted by molar-refractivity contribution is 4.80. The predicted molar refractivity (Wildman–Crippen MR) is 80.0 cm³/mol. The van der Waals surface area contributed by atoms with Crippen LogP contribution in [0.15, 0.2) is 0 Å². The first-order valence-corrected chi connectivity index (χ1v) is 7.54. The van der Waals surface area contributed by atoms with Gasteiger partial charge in [0, 0.05) is 25.7 Å². The lowest BCUT2D eigenvalue weighted by atomic mass is 9.86. The number of rotatable bonds is 11. The maximum absolute atomic E-state index is 9.17. The molecule has 0 heterocycles. The largest absolute Gasteiger partial charge is 0.395 e. The zero-order chi connectivity index (χ0) is 14.0. The second-order valence-corrected chi connectivity index (χ2v) is 6.05. The Morgan fingerprint density at radius 3 is 2.33 bits per heavy atom. The minimum Gasteiger partial charge on any atom is -0.395 e. The van der Waals surface area contributed by atoms with Crippen molar-refractivity contribution >= 4 is 0 Å². The molecule has 0 spiro atoms. The summed E-state index contributed by atoms with van der Waals surface area (Å²) in [4.78, 5) is 2.41. The first-order valence-electron chi connectivity index (χ1n) is 7.54. The van der Waals surface area contributed by atoms with Gasteiger partial charge in [0.1, 0.15) is 0 Å². The van der Waals surface area contributed by atoms with Crippen LogP contribution in [0.4, 0.5) is 0 Å². The molecule has 110 valence electrons. The lowest BCUT2D eigenvalue weighted by Gasteiger charge is -2.35. The molecule has 0 fully saturated rings. The fourth-order valence-corrected chi connectivity index (χ4v) is 2.08. The van der Waals surface area contributed by atoms with Gasteiger partial charge >= 0.3 is 0 Å². The van der Waals surface area contributed by atoms with Crippen molar-refractivity contribution in [3.05, 3.63) is 0 Å². The Morgan fingerprint density at radius 1 is 1.22 bits per heavy atom. The van der Waals surface area contributed by atoms with Crippen molar-refractivity contribution in [2.75, 3.05) is 32.8 Å². The van der Waals surface area contributed by atoms with Gasteiger partial charge < -0.3 is 15.3 Å². The molecule has 0 aromatic heterocycles. The van der Waals surface area contributed by atoms with Gasteiger partial charge in [-0.05, 0) is 24.8 Å². The summed E-state index contributed by atoms with van der Waals surface area (Å²) in [6.07, 6.45) is 3.60. The van der Waals surface area contributed by atoms with E-state index in [1.807, 2.05) is 0 Å². The molecule has 1 atom stereocenters. The fourth-order valence-electron chi connectivity index (χ4n) is 2.08. The molecule has 0 aliphatic carbocycles. The van der Waals surface area contributed by atoms with Crippen LogP contribution in [0.3, 0.4) is 0 Å². The SMILES string of the molecule is CCCCN(CCO)CC(C)(CC)CNC(C)C. The van der Waals surface area contributed by atoms with E-state index in [2.05, 4.69) is 44.8 Å². The lowest BCUT2D eigenvalue weighted by molar-refractivity contribution is 0.126. The van der Waals surface area contributed by atoms with E-state index in [4.69, 9.17) is 5.11 Å². The Labute approximate surface area is 114 Å². The fraction of sp³-hybridized carbons (Fsp3) is 1.00. The molecule has 3 heteroatoms. The molecule has 0 saturated carbocycles. The van der Waals surface area contributed by atoms with Crippen molar-refractivity contribution in [3.8, 4) is 0 Å². The van der Waals surface area contributed by atoms with Gasteiger partial charge in [-0.15, -0.1) is 0 Å². The average Bonchev–Trinajstić information content (AvgIpc) is 2.34. The van der Waals surface area contributed by atoms with E-state index in [1.54, 1.807) is 0 Å². The zero-order valence-electron chi connectivity index (χ0n) is 13.1. The summed E-state index contributed by atoms with van der Waals surface area (Å²) >= 11 is 0. The normalized spacial score (nSPS) is 15.3. The van der Waals surface area contributed by atoms with Crippen LogP contribution in [0.2, 0.25) is 0 Å². The third-order valence-electron chi connectivity index (χ3n) is 3.64. The molecule has 0 bridgehead atoms. The first kappa shape index (κ1) is 17.9. The van der Waals surface area contributed by atoms with Crippen molar-refractivity contribution in [3.63, 3.8) is 0 Å². The van der Waals surface area contributed by atoms with Crippen LogP contribution in [-0.2, 0) is 0 Å². The van der Waals surface area contributed by atoms with Crippen LogP contribution in [0.25, 0.3) is 0 Å². The molecule has 1 unspecified atom stereocenters. The highest BCUT2D eigenvalue weighted by atomic mass is 16.3. The highest BCUT2D eigenvalue weighted by Crippen LogP contribution is 2.22. The second-order valence-electron chi connectivity index (χ2n) is 6.05. The number of unbranched alkanes of at least 4 members (excludes halogenated alkanes) is 1. The van der Waals surface area contributed by atoms with E-state index in [-0.39, 0.29) is 6.61 Å². The Hall–Kier alpha value is -0.120. The molecule has 0 aliphatic heterocycles. The van der Waals surface area contributed by atoms with Gasteiger partial charge in [-0.1, -0.05) is 41.0 Å². The maximum atomic E-state index is 9.17. The summed E-state index contributed by atoms with van der Waals surface area (Å²) in [7, 11) is 0. The van der Waals surface area contributed by atoms with E-state index >= 15 is 0 Å². The molecular formula is C15H34N2O. The maximum Gasteiger partial charge on any atom is 0.0558 e. The summed E-state index contributed by atoms with van der Waals surface area (Å²) in [6.45, 7) is 15.5. The molecule has 0 amide bonds. The van der Waals surface area contributed by atoms with Crippen molar-refractivity contribution in [2.24, 2.45) is 5.41 Å². The number of nitrogens with one attached hydrogen (secondary N) is 1. The molecule has 2 N–H and O–H groups in total. The molecule has 0 saturated heterocycles. The van der Waals surface area contributed by atoms with Crippen LogP contribution in [0.1, 0.15) is 53.9 Å². The first-order chi connectivity index (χ1) is 8.47. The summed E-state index contributed by atoms with van der Waals surface area (Å²) in [5.74, 6) is 0. The minimum absolute atomic E-state index is 0.265. The smallest absolute Gasteiger partial charge is 0.0558 e. The number of hydrogen-bond donors (Lipinski definition) is 2. The standard InChI is InChI=1S/C15H34N2O/c1-6-8-9-17(10-11-18)13-15(5,7-2)12-16-14(3)4/h14,16,18H,6-13H2,1-5H3. The third kappa shape index (κ3) is 8.06. The average molecular weight is 258 g/mol. The van der Waals surface area contributed by atoms with Crippen LogP contribution < -0.4 is 5.32 Å². The van der Waals surface area contributed by atoms with Crippen LogP contribution >= 0.6 is 0 Å². The number of aliphatic hydroxyl groups excluding tert-OH is 1. The molecule has 0 aromatic carbocycles. The second kappa shape index (κ2) is 9.76. The summed E-state index contributed by atoms with van der Waals surface area (Å²) in [6, 6.07) is 0.540. The van der Waals surface area contributed by atoms with Crippen molar-refractivity contribution in [2.45, 2.75) is 59.9 Å².